The van der Waals surface area contributed by atoms with Crippen LogP contribution >= 0.6 is 0 Å². The Bertz CT molecular complexity index is 519. The molecule has 1 fully saturated rings. The van der Waals surface area contributed by atoms with Gasteiger partial charge < -0.3 is 5.32 Å². The summed E-state index contributed by atoms with van der Waals surface area (Å²) < 4.78 is 0. The van der Waals surface area contributed by atoms with Crippen molar-refractivity contribution in [2.75, 3.05) is 19.6 Å². The van der Waals surface area contributed by atoms with E-state index in [2.05, 4.69) is 24.1 Å². The fraction of sp³-hybridized carbons (Fsp3) is 0.579. The van der Waals surface area contributed by atoms with Crippen LogP contribution in [0.2, 0.25) is 0 Å². The van der Waals surface area contributed by atoms with E-state index in [-0.39, 0.29) is 23.7 Å². The lowest BCUT2D eigenvalue weighted by Crippen LogP contribution is -2.49. The van der Waals surface area contributed by atoms with Gasteiger partial charge in [-0.25, -0.2) is 0 Å². The van der Waals surface area contributed by atoms with Crippen LogP contribution in [-0.4, -0.2) is 42.3 Å². The van der Waals surface area contributed by atoms with Gasteiger partial charge in [0.05, 0.1) is 6.04 Å². The van der Waals surface area contributed by atoms with Crippen LogP contribution < -0.4 is 5.32 Å². The summed E-state index contributed by atoms with van der Waals surface area (Å²) in [5.74, 6) is 0.869. The summed E-state index contributed by atoms with van der Waals surface area (Å²) in [6.07, 6.45) is 1.66. The highest BCUT2D eigenvalue weighted by atomic mass is 16.2. The van der Waals surface area contributed by atoms with E-state index >= 15 is 0 Å². The highest BCUT2D eigenvalue weighted by Gasteiger charge is 2.29. The van der Waals surface area contributed by atoms with Gasteiger partial charge in [0.2, 0.25) is 5.91 Å². The second-order valence-electron chi connectivity index (χ2n) is 6.86. The van der Waals surface area contributed by atoms with Crippen molar-refractivity contribution in [1.29, 1.82) is 0 Å². The highest BCUT2D eigenvalue weighted by molar-refractivity contribution is 5.97. The average Bonchev–Trinajstić information content (AvgIpc) is 2.59. The van der Waals surface area contributed by atoms with Crippen LogP contribution in [0.1, 0.15) is 44.0 Å². The molecular formula is C19H28N2O2. The predicted molar refractivity (Wildman–Crippen MR) is 92.4 cm³/mol. The van der Waals surface area contributed by atoms with Crippen molar-refractivity contribution in [3.05, 3.63) is 35.9 Å². The molecule has 1 amide bonds. The second kappa shape index (κ2) is 8.25. The maximum atomic E-state index is 12.5. The molecule has 1 aliphatic heterocycles. The first kappa shape index (κ1) is 17.7. The molecule has 1 aromatic carbocycles. The molecule has 4 nitrogen and oxygen atoms in total. The fourth-order valence-corrected chi connectivity index (χ4v) is 3.01. The molecule has 0 saturated carbocycles. The second-order valence-corrected chi connectivity index (χ2v) is 6.86. The van der Waals surface area contributed by atoms with E-state index in [9.17, 15) is 9.59 Å². The van der Waals surface area contributed by atoms with E-state index in [1.807, 2.05) is 37.3 Å². The predicted octanol–water partition coefficient (Wildman–Crippen LogP) is 2.74. The lowest BCUT2D eigenvalue weighted by molar-refractivity contribution is -0.126. The minimum Gasteiger partial charge on any atom is -0.354 e. The number of nitrogens with one attached hydrogen (secondary N) is 1. The fourth-order valence-electron chi connectivity index (χ4n) is 3.01. The van der Waals surface area contributed by atoms with Crippen molar-refractivity contribution in [1.82, 2.24) is 10.2 Å². The Morgan fingerprint density at radius 2 is 1.74 bits per heavy atom. The molecule has 23 heavy (non-hydrogen) atoms. The number of likely N-dealkylation sites (tertiary alicyclic amines) is 1. The Morgan fingerprint density at radius 3 is 2.30 bits per heavy atom. The van der Waals surface area contributed by atoms with Crippen LogP contribution in [0.5, 0.6) is 0 Å². The van der Waals surface area contributed by atoms with Crippen molar-refractivity contribution in [3.63, 3.8) is 0 Å². The maximum absolute atomic E-state index is 12.5. The number of piperidine rings is 1. The van der Waals surface area contributed by atoms with Crippen molar-refractivity contribution < 1.29 is 9.59 Å². The number of rotatable bonds is 6. The van der Waals surface area contributed by atoms with Gasteiger partial charge in [0.25, 0.3) is 0 Å². The zero-order chi connectivity index (χ0) is 16.8. The largest absolute Gasteiger partial charge is 0.354 e. The lowest BCUT2D eigenvalue weighted by Gasteiger charge is -2.34. The molecule has 0 radical (unpaired) electrons. The Hall–Kier alpha value is -1.68. The molecule has 1 heterocycles. The van der Waals surface area contributed by atoms with Crippen LogP contribution in [-0.2, 0) is 4.79 Å². The summed E-state index contributed by atoms with van der Waals surface area (Å²) in [4.78, 5) is 26.8. The van der Waals surface area contributed by atoms with Gasteiger partial charge in [-0.3, -0.25) is 14.5 Å². The van der Waals surface area contributed by atoms with Crippen molar-refractivity contribution in [2.45, 2.75) is 39.7 Å². The van der Waals surface area contributed by atoms with E-state index in [0.29, 0.717) is 12.5 Å². The third-order valence-corrected chi connectivity index (χ3v) is 4.57. The Balaban J connectivity index is 1.83. The minimum absolute atomic E-state index is 0.0829. The number of hydrogen-bond donors (Lipinski definition) is 1. The SMILES string of the molecule is CC(C)CNC(=O)[C@H](C)N1CCC(C(=O)c2ccccc2)CC1. The molecule has 0 aromatic heterocycles. The number of amides is 1. The highest BCUT2D eigenvalue weighted by Crippen LogP contribution is 2.23. The third kappa shape index (κ3) is 4.90. The summed E-state index contributed by atoms with van der Waals surface area (Å²) in [5, 5.41) is 2.99. The molecule has 1 aromatic rings. The normalized spacial score (nSPS) is 17.9. The smallest absolute Gasteiger partial charge is 0.237 e. The standard InChI is InChI=1S/C19H28N2O2/c1-14(2)13-20-19(23)15(3)21-11-9-17(10-12-21)18(22)16-7-5-4-6-8-16/h4-8,14-15,17H,9-13H2,1-3H3,(H,20,23)/t15-/m0/s1. The first-order chi connectivity index (χ1) is 11.0. The number of carbonyl (C=O) groups is 2. The van der Waals surface area contributed by atoms with Crippen molar-refractivity contribution in [2.24, 2.45) is 11.8 Å². The number of Topliss-reactive ketones (excluding diaryl/α,β-unsaturated/α-hetero) is 1. The van der Waals surface area contributed by atoms with Gasteiger partial charge >= 0.3 is 0 Å². The van der Waals surface area contributed by atoms with E-state index in [4.69, 9.17) is 0 Å². The molecule has 1 N–H and O–H groups in total. The third-order valence-electron chi connectivity index (χ3n) is 4.57. The summed E-state index contributed by atoms with van der Waals surface area (Å²) in [6.45, 7) is 8.46. The summed E-state index contributed by atoms with van der Waals surface area (Å²) >= 11 is 0. The Kier molecular flexibility index (Phi) is 6.34. The van der Waals surface area contributed by atoms with Gasteiger partial charge in [-0.1, -0.05) is 44.2 Å². The van der Waals surface area contributed by atoms with Crippen LogP contribution in [0, 0.1) is 11.8 Å². The van der Waals surface area contributed by atoms with E-state index < -0.39 is 0 Å². The molecule has 2 rings (SSSR count). The first-order valence-corrected chi connectivity index (χ1v) is 8.60. The zero-order valence-corrected chi connectivity index (χ0v) is 14.4. The average molecular weight is 316 g/mol. The first-order valence-electron chi connectivity index (χ1n) is 8.60. The Labute approximate surface area is 139 Å². The number of benzene rings is 1. The molecule has 4 heteroatoms. The molecule has 1 atom stereocenters. The number of nitrogens with zero attached hydrogens (tertiary/aromatic N) is 1. The number of hydrogen-bond acceptors (Lipinski definition) is 3. The molecule has 126 valence electrons. The molecule has 1 aliphatic rings. The zero-order valence-electron chi connectivity index (χ0n) is 14.4. The Morgan fingerprint density at radius 1 is 1.13 bits per heavy atom. The van der Waals surface area contributed by atoms with Crippen molar-refractivity contribution in [3.8, 4) is 0 Å². The van der Waals surface area contributed by atoms with Crippen LogP contribution in [0.15, 0.2) is 30.3 Å². The molecule has 0 spiro atoms. The summed E-state index contributed by atoms with van der Waals surface area (Å²) in [5.41, 5.74) is 0.800. The molecule has 0 unspecified atom stereocenters. The molecule has 1 saturated heterocycles. The number of ketones is 1. The quantitative estimate of drug-likeness (QED) is 0.821. The van der Waals surface area contributed by atoms with Gasteiger partial charge in [0.15, 0.2) is 5.78 Å². The van der Waals surface area contributed by atoms with Gasteiger partial charge in [-0.15, -0.1) is 0 Å². The monoisotopic (exact) mass is 316 g/mol. The van der Waals surface area contributed by atoms with Gasteiger partial charge in [0.1, 0.15) is 0 Å². The molecular weight excluding hydrogens is 288 g/mol. The van der Waals surface area contributed by atoms with Crippen molar-refractivity contribution >= 4 is 11.7 Å². The molecule has 0 bridgehead atoms. The van der Waals surface area contributed by atoms with Crippen LogP contribution in [0.3, 0.4) is 0 Å². The van der Waals surface area contributed by atoms with E-state index in [1.54, 1.807) is 0 Å². The van der Waals surface area contributed by atoms with Crippen LogP contribution in [0.4, 0.5) is 0 Å². The van der Waals surface area contributed by atoms with Gasteiger partial charge in [-0.05, 0) is 38.8 Å². The summed E-state index contributed by atoms with van der Waals surface area (Å²) in [7, 11) is 0. The number of carbonyl (C=O) groups excluding carboxylic acids is 2. The summed E-state index contributed by atoms with van der Waals surface area (Å²) in [6, 6.07) is 9.39. The van der Waals surface area contributed by atoms with E-state index in [0.717, 1.165) is 31.5 Å². The van der Waals surface area contributed by atoms with E-state index in [1.165, 1.54) is 0 Å². The lowest BCUT2D eigenvalue weighted by atomic mass is 9.88. The maximum Gasteiger partial charge on any atom is 0.237 e. The van der Waals surface area contributed by atoms with Crippen LogP contribution in [0.25, 0.3) is 0 Å². The van der Waals surface area contributed by atoms with Gasteiger partial charge in [0, 0.05) is 18.0 Å². The minimum atomic E-state index is -0.124. The molecule has 0 aliphatic carbocycles. The topological polar surface area (TPSA) is 49.4 Å². The van der Waals surface area contributed by atoms with Gasteiger partial charge in [-0.2, -0.15) is 0 Å².